The first-order valence-electron chi connectivity index (χ1n) is 11.7. The average molecular weight is 482 g/mol. The van der Waals surface area contributed by atoms with Gasteiger partial charge in [-0.3, -0.25) is 4.79 Å². The number of rotatable bonds is 4. The molecule has 2 aromatic carbocycles. The highest BCUT2D eigenvalue weighted by Crippen LogP contribution is 2.39. The Morgan fingerprint density at radius 1 is 0.971 bits per heavy atom. The molecule has 34 heavy (non-hydrogen) atoms. The fourth-order valence-electron chi connectivity index (χ4n) is 5.14. The van der Waals surface area contributed by atoms with Crippen LogP contribution in [0, 0.1) is 17.2 Å². The Hall–Kier alpha value is -3.09. The Morgan fingerprint density at radius 3 is 2.47 bits per heavy atom. The van der Waals surface area contributed by atoms with Crippen molar-refractivity contribution in [2.24, 2.45) is 5.92 Å². The van der Waals surface area contributed by atoms with Crippen molar-refractivity contribution in [1.29, 1.82) is 5.26 Å². The molecule has 0 aliphatic carbocycles. The minimum atomic E-state index is -3.78. The topological polar surface area (TPSA) is 99.9 Å². The van der Waals surface area contributed by atoms with E-state index >= 15 is 0 Å². The number of carbonyl (C=O) groups excluding carboxylic acids is 1. The third-order valence-corrected chi connectivity index (χ3v) is 8.87. The van der Waals surface area contributed by atoms with E-state index in [-0.39, 0.29) is 41.4 Å². The summed E-state index contributed by atoms with van der Waals surface area (Å²) >= 11 is 0. The van der Waals surface area contributed by atoms with Gasteiger partial charge in [0, 0.05) is 25.6 Å². The molecule has 0 N–H and O–H groups in total. The standard InChI is InChI=1S/C25H27N3O5S/c26-17-20-4-1-2-6-24(20)34(30,31)27-12-9-18(10-13-27)25(29)28-11-3-5-21(28)19-7-8-22-23(16-19)33-15-14-32-22/h1-2,4,6-8,16,18,21H,3,5,9-15H2/t21-/m1/s1. The van der Waals surface area contributed by atoms with Gasteiger partial charge in [0.05, 0.1) is 16.5 Å². The number of likely N-dealkylation sites (tertiary alicyclic amines) is 1. The summed E-state index contributed by atoms with van der Waals surface area (Å²) in [6.07, 6.45) is 2.76. The minimum Gasteiger partial charge on any atom is -0.486 e. The van der Waals surface area contributed by atoms with Crippen molar-refractivity contribution < 1.29 is 22.7 Å². The Balaban J connectivity index is 1.27. The summed E-state index contributed by atoms with van der Waals surface area (Å²) in [4.78, 5) is 15.4. The number of piperidine rings is 1. The minimum absolute atomic E-state index is 0.00686. The van der Waals surface area contributed by atoms with E-state index in [0.29, 0.717) is 32.6 Å². The number of sulfonamides is 1. The molecule has 0 bridgehead atoms. The molecule has 0 radical (unpaired) electrons. The Morgan fingerprint density at radius 2 is 1.71 bits per heavy atom. The Kier molecular flexibility index (Phi) is 6.19. The van der Waals surface area contributed by atoms with Crippen LogP contribution in [0.3, 0.4) is 0 Å². The Bertz CT molecular complexity index is 1230. The molecule has 3 heterocycles. The summed E-state index contributed by atoms with van der Waals surface area (Å²) in [5, 5.41) is 9.30. The monoisotopic (exact) mass is 481 g/mol. The summed E-state index contributed by atoms with van der Waals surface area (Å²) < 4.78 is 39.0. The van der Waals surface area contributed by atoms with Gasteiger partial charge in [0.1, 0.15) is 19.3 Å². The van der Waals surface area contributed by atoms with Gasteiger partial charge < -0.3 is 14.4 Å². The molecule has 5 rings (SSSR count). The van der Waals surface area contributed by atoms with E-state index in [1.807, 2.05) is 29.2 Å². The van der Waals surface area contributed by atoms with Gasteiger partial charge in [0.25, 0.3) is 0 Å². The molecule has 0 saturated carbocycles. The number of nitriles is 1. The SMILES string of the molecule is N#Cc1ccccc1S(=O)(=O)N1CCC(C(=O)N2CCC[C@@H]2c2ccc3c(c2)OCCO3)CC1. The van der Waals surface area contributed by atoms with Gasteiger partial charge in [0.15, 0.2) is 11.5 Å². The molecule has 2 aromatic rings. The molecule has 178 valence electrons. The summed E-state index contributed by atoms with van der Waals surface area (Å²) in [5.41, 5.74) is 1.18. The van der Waals surface area contributed by atoms with Crippen LogP contribution >= 0.6 is 0 Å². The quantitative estimate of drug-likeness (QED) is 0.665. The number of ether oxygens (including phenoxy) is 2. The molecule has 9 heteroatoms. The van der Waals surface area contributed by atoms with Crippen LogP contribution in [0.5, 0.6) is 11.5 Å². The molecular formula is C25H27N3O5S. The maximum absolute atomic E-state index is 13.5. The van der Waals surface area contributed by atoms with Crippen LogP contribution in [0.4, 0.5) is 0 Å². The van der Waals surface area contributed by atoms with Crippen molar-refractivity contribution in [2.45, 2.75) is 36.6 Å². The van der Waals surface area contributed by atoms with Gasteiger partial charge in [-0.1, -0.05) is 18.2 Å². The van der Waals surface area contributed by atoms with Crippen LogP contribution in [-0.2, 0) is 14.8 Å². The van der Waals surface area contributed by atoms with Crippen LogP contribution in [0.15, 0.2) is 47.4 Å². The predicted molar refractivity (Wildman–Crippen MR) is 124 cm³/mol. The van der Waals surface area contributed by atoms with Gasteiger partial charge in [-0.2, -0.15) is 9.57 Å². The number of carbonyl (C=O) groups is 1. The zero-order chi connectivity index (χ0) is 23.7. The predicted octanol–water partition coefficient (Wildman–Crippen LogP) is 3.09. The zero-order valence-electron chi connectivity index (χ0n) is 18.9. The Labute approximate surface area is 199 Å². The van der Waals surface area contributed by atoms with Gasteiger partial charge in [-0.05, 0) is 55.5 Å². The van der Waals surface area contributed by atoms with E-state index in [9.17, 15) is 18.5 Å². The van der Waals surface area contributed by atoms with E-state index in [1.165, 1.54) is 16.4 Å². The van der Waals surface area contributed by atoms with Gasteiger partial charge in [-0.25, -0.2) is 8.42 Å². The first-order valence-corrected chi connectivity index (χ1v) is 13.1. The fraction of sp³-hybridized carbons (Fsp3) is 0.440. The molecule has 2 saturated heterocycles. The van der Waals surface area contributed by atoms with E-state index in [2.05, 4.69) is 0 Å². The highest BCUT2D eigenvalue weighted by atomic mass is 32.2. The second kappa shape index (κ2) is 9.28. The van der Waals surface area contributed by atoms with E-state index < -0.39 is 10.0 Å². The van der Waals surface area contributed by atoms with Crippen LogP contribution in [0.25, 0.3) is 0 Å². The fourth-order valence-corrected chi connectivity index (χ4v) is 6.76. The number of benzene rings is 2. The first kappa shape index (κ1) is 22.7. The number of amides is 1. The molecule has 0 aromatic heterocycles. The lowest BCUT2D eigenvalue weighted by Crippen LogP contribution is -2.44. The number of fused-ring (bicyclic) bond motifs is 1. The maximum Gasteiger partial charge on any atom is 0.244 e. The van der Waals surface area contributed by atoms with Crippen molar-refractivity contribution in [1.82, 2.24) is 9.21 Å². The molecule has 8 nitrogen and oxygen atoms in total. The molecular weight excluding hydrogens is 454 g/mol. The first-order chi connectivity index (χ1) is 16.5. The summed E-state index contributed by atoms with van der Waals surface area (Å²) in [5.74, 6) is 1.33. The average Bonchev–Trinajstić information content (AvgIpc) is 3.38. The largest absolute Gasteiger partial charge is 0.486 e. The third-order valence-electron chi connectivity index (χ3n) is 6.92. The second-order valence-electron chi connectivity index (χ2n) is 8.88. The summed E-state index contributed by atoms with van der Waals surface area (Å²) in [7, 11) is -3.78. The lowest BCUT2D eigenvalue weighted by atomic mass is 9.95. The lowest BCUT2D eigenvalue weighted by Gasteiger charge is -2.34. The highest BCUT2D eigenvalue weighted by molar-refractivity contribution is 7.89. The highest BCUT2D eigenvalue weighted by Gasteiger charge is 2.38. The molecule has 1 atom stereocenters. The van der Waals surface area contributed by atoms with E-state index in [0.717, 1.165) is 29.9 Å². The smallest absolute Gasteiger partial charge is 0.244 e. The van der Waals surface area contributed by atoms with Crippen LogP contribution in [0.2, 0.25) is 0 Å². The zero-order valence-corrected chi connectivity index (χ0v) is 19.7. The maximum atomic E-state index is 13.5. The molecule has 2 fully saturated rings. The number of nitrogens with zero attached hydrogens (tertiary/aromatic N) is 3. The van der Waals surface area contributed by atoms with Crippen LogP contribution in [-0.4, -0.2) is 56.4 Å². The summed E-state index contributed by atoms with van der Waals surface area (Å²) in [6, 6.07) is 14.1. The van der Waals surface area contributed by atoms with Gasteiger partial charge in [0.2, 0.25) is 15.9 Å². The third kappa shape index (κ3) is 4.12. The molecule has 0 unspecified atom stereocenters. The van der Waals surface area contributed by atoms with E-state index in [1.54, 1.807) is 12.1 Å². The van der Waals surface area contributed by atoms with E-state index in [4.69, 9.17) is 9.47 Å². The normalized spacial score (nSPS) is 21.3. The molecule has 3 aliphatic rings. The van der Waals surface area contributed by atoms with Crippen molar-refractivity contribution in [3.05, 3.63) is 53.6 Å². The van der Waals surface area contributed by atoms with Crippen molar-refractivity contribution in [2.75, 3.05) is 32.8 Å². The van der Waals surface area contributed by atoms with Crippen molar-refractivity contribution in [3.8, 4) is 17.6 Å². The molecule has 0 spiro atoms. The van der Waals surface area contributed by atoms with Crippen molar-refractivity contribution >= 4 is 15.9 Å². The number of hydrogen-bond acceptors (Lipinski definition) is 6. The lowest BCUT2D eigenvalue weighted by molar-refractivity contribution is -0.137. The van der Waals surface area contributed by atoms with Crippen LogP contribution < -0.4 is 9.47 Å². The summed E-state index contributed by atoms with van der Waals surface area (Å²) in [6.45, 7) is 2.29. The van der Waals surface area contributed by atoms with Crippen molar-refractivity contribution in [3.63, 3.8) is 0 Å². The molecule has 1 amide bonds. The van der Waals surface area contributed by atoms with Gasteiger partial charge in [-0.15, -0.1) is 0 Å². The van der Waals surface area contributed by atoms with Gasteiger partial charge >= 0.3 is 0 Å². The molecule has 3 aliphatic heterocycles. The van der Waals surface area contributed by atoms with Crippen LogP contribution in [0.1, 0.15) is 42.9 Å². The number of hydrogen-bond donors (Lipinski definition) is 0. The second-order valence-corrected chi connectivity index (χ2v) is 10.8.